The van der Waals surface area contributed by atoms with Crippen molar-refractivity contribution in [1.82, 2.24) is 14.8 Å². The lowest BCUT2D eigenvalue weighted by atomic mass is 10.1. The van der Waals surface area contributed by atoms with Gasteiger partial charge in [-0.2, -0.15) is 9.78 Å². The Hall–Kier alpha value is -3.19. The Morgan fingerprint density at radius 2 is 1.86 bits per heavy atom. The third-order valence-corrected chi connectivity index (χ3v) is 5.35. The Balaban J connectivity index is 1.66. The average molecular weight is 392 g/mol. The average Bonchev–Trinajstić information content (AvgIpc) is 3.04. The van der Waals surface area contributed by atoms with E-state index in [2.05, 4.69) is 10.1 Å². The molecule has 0 bridgehead atoms. The third kappa shape index (κ3) is 2.98. The van der Waals surface area contributed by atoms with Gasteiger partial charge >= 0.3 is 0 Å². The highest BCUT2D eigenvalue weighted by Crippen LogP contribution is 2.32. The minimum absolute atomic E-state index is 0.0323. The molecule has 3 aliphatic rings. The molecule has 2 unspecified atom stereocenters. The van der Waals surface area contributed by atoms with Crippen molar-refractivity contribution in [2.24, 2.45) is 0 Å². The number of halogens is 1. The summed E-state index contributed by atoms with van der Waals surface area (Å²) in [7, 11) is 0. The standard InChI is InChI=1S/C22H21FN4O2/c1-13-11-26(12-14(2)29-13)20-9-19-16(8-18(20)23)21-17(10-24-19)22(28)27(25-21)15-6-4-3-5-7-15/h3-10,13-14,24H,11-12H2,1-2H3. The Labute approximate surface area is 166 Å². The van der Waals surface area contributed by atoms with Crippen LogP contribution >= 0.6 is 0 Å². The minimum Gasteiger partial charge on any atom is -0.372 e. The first kappa shape index (κ1) is 17.9. The summed E-state index contributed by atoms with van der Waals surface area (Å²) in [6.07, 6.45) is 1.72. The number of nitrogens with zero attached hydrogens (tertiary/aromatic N) is 3. The summed E-state index contributed by atoms with van der Waals surface area (Å²) in [4.78, 5) is 18.0. The van der Waals surface area contributed by atoms with Crippen LogP contribution in [0.15, 0.2) is 53.5 Å². The van der Waals surface area contributed by atoms with Crippen molar-refractivity contribution < 1.29 is 9.13 Å². The lowest BCUT2D eigenvalue weighted by molar-refractivity contribution is -0.00538. The molecule has 0 aliphatic carbocycles. The second-order valence-corrected chi connectivity index (χ2v) is 7.61. The van der Waals surface area contributed by atoms with Crippen molar-refractivity contribution in [3.8, 4) is 16.9 Å². The van der Waals surface area contributed by atoms with Crippen molar-refractivity contribution in [1.29, 1.82) is 0 Å². The molecule has 2 aromatic rings. The molecule has 3 aliphatic heterocycles. The zero-order valence-corrected chi connectivity index (χ0v) is 16.2. The Kier molecular flexibility index (Phi) is 4.13. The monoisotopic (exact) mass is 392 g/mol. The molecule has 0 amide bonds. The smallest absolute Gasteiger partial charge is 0.282 e. The number of nitrogens with one attached hydrogen (secondary N) is 1. The normalized spacial score (nSPS) is 19.9. The van der Waals surface area contributed by atoms with Crippen LogP contribution in [0.5, 0.6) is 0 Å². The molecular formula is C22H21FN4O2. The van der Waals surface area contributed by atoms with Gasteiger partial charge in [0, 0.05) is 30.2 Å². The highest BCUT2D eigenvalue weighted by atomic mass is 19.1. The summed E-state index contributed by atoms with van der Waals surface area (Å²) in [6, 6.07) is 12.5. The minimum atomic E-state index is -0.332. The number of pyridine rings is 1. The second-order valence-electron chi connectivity index (χ2n) is 7.61. The fourth-order valence-electron chi connectivity index (χ4n) is 4.13. The molecule has 6 nitrogen and oxygen atoms in total. The molecule has 3 heterocycles. The number of hydrogen-bond acceptors (Lipinski definition) is 4. The van der Waals surface area contributed by atoms with Gasteiger partial charge in [-0.25, -0.2) is 4.39 Å². The number of hydrogen-bond donors (Lipinski definition) is 1. The van der Waals surface area contributed by atoms with Crippen LogP contribution in [-0.2, 0) is 4.74 Å². The molecule has 2 atom stereocenters. The maximum atomic E-state index is 15.1. The van der Waals surface area contributed by atoms with Gasteiger partial charge in [-0.3, -0.25) is 4.79 Å². The first-order chi connectivity index (χ1) is 14.0. The summed E-state index contributed by atoms with van der Waals surface area (Å²) >= 11 is 0. The van der Waals surface area contributed by atoms with Gasteiger partial charge in [-0.05, 0) is 38.1 Å². The van der Waals surface area contributed by atoms with Crippen LogP contribution in [0, 0.1) is 5.82 Å². The van der Waals surface area contributed by atoms with Gasteiger partial charge in [0.25, 0.3) is 5.56 Å². The number of ether oxygens (including phenoxy) is 1. The number of rotatable bonds is 2. The van der Waals surface area contributed by atoms with Gasteiger partial charge in [0.15, 0.2) is 0 Å². The topological polar surface area (TPSA) is 63.2 Å². The maximum Gasteiger partial charge on any atom is 0.282 e. The molecule has 0 saturated carbocycles. The van der Waals surface area contributed by atoms with Crippen LogP contribution in [0.25, 0.3) is 27.8 Å². The summed E-state index contributed by atoms with van der Waals surface area (Å²) in [5.41, 5.74) is 2.63. The highest BCUT2D eigenvalue weighted by Gasteiger charge is 2.26. The van der Waals surface area contributed by atoms with Crippen LogP contribution in [0.4, 0.5) is 10.1 Å². The number of H-pyrrole nitrogens is 1. The largest absolute Gasteiger partial charge is 0.372 e. The van der Waals surface area contributed by atoms with Gasteiger partial charge in [0.2, 0.25) is 0 Å². The van der Waals surface area contributed by atoms with Gasteiger partial charge in [-0.1, -0.05) is 18.2 Å². The summed E-state index contributed by atoms with van der Waals surface area (Å²) in [6.45, 7) is 5.23. The zero-order chi connectivity index (χ0) is 20.1. The highest BCUT2D eigenvalue weighted by molar-refractivity contribution is 5.95. The summed E-state index contributed by atoms with van der Waals surface area (Å²) < 4.78 is 22.2. The molecular weight excluding hydrogens is 371 g/mol. The first-order valence-corrected chi connectivity index (χ1v) is 9.71. The van der Waals surface area contributed by atoms with E-state index in [9.17, 15) is 4.79 Å². The molecule has 5 rings (SSSR count). The third-order valence-electron chi connectivity index (χ3n) is 5.35. The Morgan fingerprint density at radius 3 is 2.59 bits per heavy atom. The summed E-state index contributed by atoms with van der Waals surface area (Å²) in [5.74, 6) is -0.332. The van der Waals surface area contributed by atoms with Crippen LogP contribution < -0.4 is 10.5 Å². The number of anilines is 1. The molecule has 29 heavy (non-hydrogen) atoms. The molecule has 1 N–H and O–H groups in total. The molecule has 148 valence electrons. The van der Waals surface area contributed by atoms with Crippen molar-refractivity contribution in [2.45, 2.75) is 26.1 Å². The Morgan fingerprint density at radius 1 is 1.14 bits per heavy atom. The predicted octanol–water partition coefficient (Wildman–Crippen LogP) is 3.57. The SMILES string of the molecule is CC1CN(c2cc3[nH]cc4c(=O)n(-c5ccccc5)nc-4c3cc2F)CC(C)O1. The fourth-order valence-corrected chi connectivity index (χ4v) is 4.13. The van der Waals surface area contributed by atoms with E-state index in [-0.39, 0.29) is 23.6 Å². The van der Waals surface area contributed by atoms with Gasteiger partial charge in [0.05, 0.1) is 29.1 Å². The summed E-state index contributed by atoms with van der Waals surface area (Å²) in [5, 5.41) is 5.09. The predicted molar refractivity (Wildman–Crippen MR) is 110 cm³/mol. The number of morpholine rings is 1. The second kappa shape index (κ2) is 6.70. The van der Waals surface area contributed by atoms with E-state index in [1.54, 1.807) is 12.3 Å². The van der Waals surface area contributed by atoms with E-state index >= 15 is 4.39 Å². The molecule has 1 saturated heterocycles. The fraction of sp³-hybridized carbons (Fsp3) is 0.273. The molecule has 7 heteroatoms. The van der Waals surface area contributed by atoms with Crippen molar-refractivity contribution in [2.75, 3.05) is 18.0 Å². The van der Waals surface area contributed by atoms with Crippen LogP contribution in [0.1, 0.15) is 13.8 Å². The van der Waals surface area contributed by atoms with E-state index in [1.807, 2.05) is 49.1 Å². The zero-order valence-electron chi connectivity index (χ0n) is 16.2. The van der Waals surface area contributed by atoms with E-state index in [4.69, 9.17) is 4.74 Å². The molecule has 1 fully saturated rings. The number of aromatic amines is 1. The molecule has 0 radical (unpaired) electrons. The molecule has 0 aromatic heterocycles. The van der Waals surface area contributed by atoms with E-state index in [0.29, 0.717) is 41.1 Å². The van der Waals surface area contributed by atoms with Gasteiger partial charge in [-0.15, -0.1) is 0 Å². The van der Waals surface area contributed by atoms with E-state index in [1.165, 1.54) is 10.7 Å². The lowest BCUT2D eigenvalue weighted by Gasteiger charge is -2.37. The quantitative estimate of drug-likeness (QED) is 0.567. The Bertz CT molecular complexity index is 1210. The number of para-hydroxylation sites is 1. The van der Waals surface area contributed by atoms with Crippen molar-refractivity contribution in [3.63, 3.8) is 0 Å². The van der Waals surface area contributed by atoms with Crippen molar-refractivity contribution in [3.05, 3.63) is 64.8 Å². The van der Waals surface area contributed by atoms with Crippen molar-refractivity contribution >= 4 is 16.6 Å². The number of aromatic nitrogens is 3. The van der Waals surface area contributed by atoms with Crippen LogP contribution in [0.3, 0.4) is 0 Å². The van der Waals surface area contributed by atoms with E-state index < -0.39 is 0 Å². The molecule has 0 spiro atoms. The van der Waals surface area contributed by atoms with Crippen LogP contribution in [-0.4, -0.2) is 40.1 Å². The van der Waals surface area contributed by atoms with Gasteiger partial charge in [0.1, 0.15) is 11.5 Å². The number of fused-ring (bicyclic) bond motifs is 3. The molecule has 2 aromatic carbocycles. The number of benzene rings is 2. The van der Waals surface area contributed by atoms with Crippen LogP contribution in [0.2, 0.25) is 0 Å². The maximum absolute atomic E-state index is 15.1. The lowest BCUT2D eigenvalue weighted by Crippen LogP contribution is -2.45. The van der Waals surface area contributed by atoms with E-state index in [0.717, 1.165) is 5.52 Å². The first-order valence-electron chi connectivity index (χ1n) is 9.71. The van der Waals surface area contributed by atoms with Gasteiger partial charge < -0.3 is 14.6 Å².